The van der Waals surface area contributed by atoms with Crippen molar-refractivity contribution >= 4 is 23.0 Å². The highest BCUT2D eigenvalue weighted by atomic mass is 19.4. The molecular formula is C28H27F3O3. The maximum atomic E-state index is 13.9. The Morgan fingerprint density at radius 1 is 0.912 bits per heavy atom. The molecule has 3 nitrogen and oxygen atoms in total. The molecule has 1 unspecified atom stereocenters. The lowest BCUT2D eigenvalue weighted by atomic mass is 9.62. The number of aldehydes is 1. The molecule has 0 fully saturated rings. The van der Waals surface area contributed by atoms with Crippen molar-refractivity contribution in [1.29, 1.82) is 0 Å². The predicted molar refractivity (Wildman–Crippen MR) is 126 cm³/mol. The van der Waals surface area contributed by atoms with Gasteiger partial charge in [0.05, 0.1) is 5.56 Å². The van der Waals surface area contributed by atoms with E-state index >= 15 is 0 Å². The number of carboxylic acids is 1. The summed E-state index contributed by atoms with van der Waals surface area (Å²) in [6.07, 6.45) is -2.90. The number of carbonyl (C=O) groups is 2. The summed E-state index contributed by atoms with van der Waals surface area (Å²) in [6.45, 7) is 8.50. The lowest BCUT2D eigenvalue weighted by Crippen LogP contribution is -2.33. The Hall–Kier alpha value is -3.15. The van der Waals surface area contributed by atoms with E-state index < -0.39 is 18.1 Å². The molecule has 0 radical (unpaired) electrons. The summed E-state index contributed by atoms with van der Waals surface area (Å²) >= 11 is 0. The molecule has 1 N–H and O–H groups in total. The van der Waals surface area contributed by atoms with Gasteiger partial charge in [0.15, 0.2) is 0 Å². The third-order valence-corrected chi connectivity index (χ3v) is 7.24. The van der Waals surface area contributed by atoms with Crippen LogP contribution in [0.5, 0.6) is 0 Å². The fourth-order valence-corrected chi connectivity index (χ4v) is 5.01. The quantitative estimate of drug-likeness (QED) is 0.406. The molecule has 1 atom stereocenters. The molecule has 34 heavy (non-hydrogen) atoms. The topological polar surface area (TPSA) is 54.4 Å². The van der Waals surface area contributed by atoms with Crippen LogP contribution in [0.25, 0.3) is 21.9 Å². The standard InChI is InChI=1S/C28H27F3O3/c1-26(2)9-10-27(3,4)23-14-20-19(13-22(23)26)11-18(12-21(20)24(15-32)28(29,30)31)16-5-7-17(8-6-16)25(33)34/h5-8,11-15,24H,9-10H2,1-4H3,(H,33,34). The molecule has 0 bridgehead atoms. The molecule has 0 amide bonds. The number of alkyl halides is 3. The van der Waals surface area contributed by atoms with Gasteiger partial charge in [0.25, 0.3) is 0 Å². The van der Waals surface area contributed by atoms with E-state index in [2.05, 4.69) is 27.7 Å². The van der Waals surface area contributed by atoms with Gasteiger partial charge in [0.1, 0.15) is 12.2 Å². The van der Waals surface area contributed by atoms with E-state index in [1.165, 1.54) is 18.2 Å². The van der Waals surface area contributed by atoms with E-state index in [1.54, 1.807) is 12.1 Å². The summed E-state index contributed by atoms with van der Waals surface area (Å²) in [5.74, 6) is -3.34. The minimum absolute atomic E-state index is 0.0411. The summed E-state index contributed by atoms with van der Waals surface area (Å²) in [4.78, 5) is 22.9. The highest BCUT2D eigenvalue weighted by Gasteiger charge is 2.43. The maximum absolute atomic E-state index is 13.9. The van der Waals surface area contributed by atoms with Crippen LogP contribution in [0, 0.1) is 0 Å². The Balaban J connectivity index is 2.05. The highest BCUT2D eigenvalue weighted by molar-refractivity contribution is 5.95. The van der Waals surface area contributed by atoms with Crippen LogP contribution in [0.4, 0.5) is 13.2 Å². The van der Waals surface area contributed by atoms with Crippen LogP contribution >= 0.6 is 0 Å². The van der Waals surface area contributed by atoms with Gasteiger partial charge in [-0.25, -0.2) is 4.79 Å². The maximum Gasteiger partial charge on any atom is 0.402 e. The number of fused-ring (bicyclic) bond motifs is 2. The zero-order valence-electron chi connectivity index (χ0n) is 19.6. The molecule has 0 heterocycles. The summed E-state index contributed by atoms with van der Waals surface area (Å²) in [5, 5.41) is 10.2. The van der Waals surface area contributed by atoms with E-state index in [9.17, 15) is 22.8 Å². The fourth-order valence-electron chi connectivity index (χ4n) is 5.01. The Labute approximate surface area is 196 Å². The second kappa shape index (κ2) is 7.97. The van der Waals surface area contributed by atoms with Crippen molar-refractivity contribution in [3.63, 3.8) is 0 Å². The van der Waals surface area contributed by atoms with Crippen molar-refractivity contribution < 1.29 is 27.9 Å². The largest absolute Gasteiger partial charge is 0.478 e. The van der Waals surface area contributed by atoms with Gasteiger partial charge in [-0.1, -0.05) is 52.0 Å². The minimum atomic E-state index is -4.73. The Bertz CT molecular complexity index is 1280. The van der Waals surface area contributed by atoms with Crippen LogP contribution < -0.4 is 0 Å². The monoisotopic (exact) mass is 468 g/mol. The smallest absolute Gasteiger partial charge is 0.402 e. The molecule has 1 aliphatic rings. The first kappa shape index (κ1) is 24.0. The molecule has 0 aliphatic heterocycles. The first-order valence-corrected chi connectivity index (χ1v) is 11.2. The van der Waals surface area contributed by atoms with Crippen LogP contribution in [0.1, 0.15) is 73.5 Å². The lowest BCUT2D eigenvalue weighted by Gasteiger charge is -2.42. The van der Waals surface area contributed by atoms with E-state index in [0.29, 0.717) is 21.9 Å². The van der Waals surface area contributed by atoms with Crippen molar-refractivity contribution in [2.75, 3.05) is 0 Å². The number of hydrogen-bond acceptors (Lipinski definition) is 2. The highest BCUT2D eigenvalue weighted by Crippen LogP contribution is 2.49. The summed E-state index contributed by atoms with van der Waals surface area (Å²) in [5.41, 5.74) is 2.88. The third kappa shape index (κ3) is 4.10. The number of hydrogen-bond donors (Lipinski definition) is 1. The molecule has 0 saturated heterocycles. The minimum Gasteiger partial charge on any atom is -0.478 e. The molecule has 0 saturated carbocycles. The Morgan fingerprint density at radius 2 is 1.47 bits per heavy atom. The third-order valence-electron chi connectivity index (χ3n) is 7.24. The van der Waals surface area contributed by atoms with Gasteiger partial charge in [0.2, 0.25) is 0 Å². The van der Waals surface area contributed by atoms with Crippen molar-refractivity contribution in [2.24, 2.45) is 0 Å². The number of aromatic carboxylic acids is 1. The predicted octanol–water partition coefficient (Wildman–Crippen LogP) is 7.40. The van der Waals surface area contributed by atoms with Crippen LogP contribution in [0.15, 0.2) is 48.5 Å². The molecule has 4 rings (SSSR count). The molecule has 0 aromatic heterocycles. The number of benzene rings is 3. The van der Waals surface area contributed by atoms with Gasteiger partial charge < -0.3 is 9.90 Å². The average Bonchev–Trinajstić information content (AvgIpc) is 2.75. The van der Waals surface area contributed by atoms with E-state index in [0.717, 1.165) is 24.0 Å². The van der Waals surface area contributed by atoms with Crippen molar-refractivity contribution in [3.8, 4) is 11.1 Å². The molecular weight excluding hydrogens is 441 g/mol. The SMILES string of the molecule is CC1(C)CCC(C)(C)c2cc3c(C(C=O)C(F)(F)F)cc(-c4ccc(C(=O)O)cc4)cc3cc21. The van der Waals surface area contributed by atoms with Gasteiger partial charge in [-0.2, -0.15) is 13.2 Å². The molecule has 3 aromatic rings. The van der Waals surface area contributed by atoms with E-state index in [-0.39, 0.29) is 28.2 Å². The van der Waals surface area contributed by atoms with Crippen LogP contribution in [0.3, 0.4) is 0 Å². The zero-order valence-corrected chi connectivity index (χ0v) is 19.6. The second-order valence-electron chi connectivity index (χ2n) is 10.5. The van der Waals surface area contributed by atoms with Crippen molar-refractivity contribution in [2.45, 2.75) is 63.5 Å². The van der Waals surface area contributed by atoms with Crippen LogP contribution in [-0.4, -0.2) is 23.5 Å². The number of rotatable bonds is 4. The summed E-state index contributed by atoms with van der Waals surface area (Å²) < 4.78 is 41.8. The first-order valence-electron chi connectivity index (χ1n) is 11.2. The molecule has 3 aromatic carbocycles. The van der Waals surface area contributed by atoms with E-state index in [1.807, 2.05) is 18.2 Å². The van der Waals surface area contributed by atoms with Crippen LogP contribution in [0.2, 0.25) is 0 Å². The summed E-state index contributed by atoms with van der Waals surface area (Å²) in [7, 11) is 0. The molecule has 6 heteroatoms. The molecule has 178 valence electrons. The van der Waals surface area contributed by atoms with Gasteiger partial charge in [-0.3, -0.25) is 0 Å². The fraction of sp³-hybridized carbons (Fsp3) is 0.357. The zero-order chi connectivity index (χ0) is 25.1. The number of carboxylic acid groups (broad SMARTS) is 1. The van der Waals surface area contributed by atoms with Gasteiger partial charge >= 0.3 is 12.1 Å². The summed E-state index contributed by atoms with van der Waals surface area (Å²) in [6, 6.07) is 13.0. The van der Waals surface area contributed by atoms with Crippen molar-refractivity contribution in [3.05, 3.63) is 70.8 Å². The normalized spacial score (nSPS) is 17.7. The number of halogens is 3. The van der Waals surface area contributed by atoms with Crippen molar-refractivity contribution in [1.82, 2.24) is 0 Å². The number of carbonyl (C=O) groups excluding carboxylic acids is 1. The first-order chi connectivity index (χ1) is 15.7. The van der Waals surface area contributed by atoms with Crippen LogP contribution in [-0.2, 0) is 15.6 Å². The average molecular weight is 469 g/mol. The lowest BCUT2D eigenvalue weighted by molar-refractivity contribution is -0.155. The van der Waals surface area contributed by atoms with Gasteiger partial charge in [-0.15, -0.1) is 0 Å². The Kier molecular flexibility index (Phi) is 5.62. The van der Waals surface area contributed by atoms with Gasteiger partial charge in [0, 0.05) is 0 Å². The van der Waals surface area contributed by atoms with E-state index in [4.69, 9.17) is 5.11 Å². The Morgan fingerprint density at radius 3 is 1.97 bits per heavy atom. The van der Waals surface area contributed by atoms with Gasteiger partial charge in [-0.05, 0) is 86.5 Å². The molecule has 1 aliphatic carbocycles. The molecule has 0 spiro atoms. The second-order valence-corrected chi connectivity index (χ2v) is 10.5.